The van der Waals surface area contributed by atoms with Crippen molar-refractivity contribution in [2.45, 2.75) is 57.5 Å². The second kappa shape index (κ2) is 6.27. The molecule has 3 nitrogen and oxygen atoms in total. The van der Waals surface area contributed by atoms with Gasteiger partial charge in [-0.25, -0.2) is 4.39 Å². The van der Waals surface area contributed by atoms with E-state index in [1.165, 1.54) is 12.1 Å². The Bertz CT molecular complexity index is 549. The van der Waals surface area contributed by atoms with E-state index in [2.05, 4.69) is 0 Å². The van der Waals surface area contributed by atoms with E-state index in [0.29, 0.717) is 11.8 Å². The van der Waals surface area contributed by atoms with Crippen molar-refractivity contribution in [3.8, 4) is 5.75 Å². The number of hydrogen-bond donors (Lipinski definition) is 1. The first-order chi connectivity index (χ1) is 10.5. The smallest absolute Gasteiger partial charge is 0.308 e. The van der Waals surface area contributed by atoms with E-state index >= 15 is 0 Å². The molecule has 22 heavy (non-hydrogen) atoms. The van der Waals surface area contributed by atoms with Crippen LogP contribution in [0.25, 0.3) is 0 Å². The molecule has 1 N–H and O–H groups in total. The lowest BCUT2D eigenvalue weighted by Crippen LogP contribution is -2.36. The lowest BCUT2D eigenvalue weighted by atomic mass is 9.75. The first-order valence-electron chi connectivity index (χ1n) is 8.23. The third-order valence-electron chi connectivity index (χ3n) is 5.29. The van der Waals surface area contributed by atoms with Gasteiger partial charge in [-0.2, -0.15) is 0 Å². The van der Waals surface area contributed by atoms with Crippen LogP contribution in [0.5, 0.6) is 5.75 Å². The van der Waals surface area contributed by atoms with E-state index in [1.54, 1.807) is 0 Å². The van der Waals surface area contributed by atoms with Crippen LogP contribution in [-0.4, -0.2) is 17.2 Å². The SMILES string of the molecule is CC1CCC(C2CCC(c3ccc(O)c(F)c3)CC2)OC1=O. The maximum Gasteiger partial charge on any atom is 0.308 e. The lowest BCUT2D eigenvalue weighted by molar-refractivity contribution is -0.164. The predicted octanol–water partition coefficient (Wildman–Crippen LogP) is 4.15. The summed E-state index contributed by atoms with van der Waals surface area (Å²) in [7, 11) is 0. The highest BCUT2D eigenvalue weighted by Gasteiger charge is 2.34. The molecule has 2 atom stereocenters. The zero-order valence-electron chi connectivity index (χ0n) is 12.9. The summed E-state index contributed by atoms with van der Waals surface area (Å²) in [6.45, 7) is 1.93. The van der Waals surface area contributed by atoms with Crippen molar-refractivity contribution in [2.75, 3.05) is 0 Å². The summed E-state index contributed by atoms with van der Waals surface area (Å²) < 4.78 is 19.1. The van der Waals surface area contributed by atoms with Gasteiger partial charge in [-0.05, 0) is 68.1 Å². The minimum atomic E-state index is -0.546. The normalized spacial score (nSPS) is 32.5. The van der Waals surface area contributed by atoms with Crippen molar-refractivity contribution >= 4 is 5.97 Å². The van der Waals surface area contributed by atoms with Crippen LogP contribution in [0.1, 0.15) is 56.9 Å². The number of carbonyl (C=O) groups excluding carboxylic acids is 1. The Balaban J connectivity index is 1.58. The third kappa shape index (κ3) is 3.11. The molecule has 2 aliphatic rings. The minimum absolute atomic E-state index is 0.0348. The Morgan fingerprint density at radius 2 is 1.86 bits per heavy atom. The molecule has 2 fully saturated rings. The average Bonchev–Trinajstić information content (AvgIpc) is 2.53. The molecule has 3 rings (SSSR count). The van der Waals surface area contributed by atoms with Crippen LogP contribution in [0.15, 0.2) is 18.2 Å². The largest absolute Gasteiger partial charge is 0.505 e. The summed E-state index contributed by atoms with van der Waals surface area (Å²) in [6, 6.07) is 4.69. The van der Waals surface area contributed by atoms with Crippen molar-refractivity contribution in [2.24, 2.45) is 11.8 Å². The van der Waals surface area contributed by atoms with E-state index in [0.717, 1.165) is 44.1 Å². The zero-order chi connectivity index (χ0) is 15.7. The van der Waals surface area contributed by atoms with Crippen LogP contribution in [0.2, 0.25) is 0 Å². The van der Waals surface area contributed by atoms with Crippen LogP contribution < -0.4 is 0 Å². The van der Waals surface area contributed by atoms with Crippen molar-refractivity contribution in [1.82, 2.24) is 0 Å². The fraction of sp³-hybridized carbons (Fsp3) is 0.611. The molecule has 1 saturated carbocycles. The number of phenols is 1. The maximum atomic E-state index is 13.5. The number of rotatable bonds is 2. The lowest BCUT2D eigenvalue weighted by Gasteiger charge is -2.36. The highest BCUT2D eigenvalue weighted by Crippen LogP contribution is 2.40. The Morgan fingerprint density at radius 3 is 2.50 bits per heavy atom. The molecule has 0 bridgehead atoms. The van der Waals surface area contributed by atoms with Crippen molar-refractivity contribution in [3.05, 3.63) is 29.6 Å². The van der Waals surface area contributed by atoms with Crippen LogP contribution in [0.3, 0.4) is 0 Å². The summed E-state index contributed by atoms with van der Waals surface area (Å²) in [5, 5.41) is 9.28. The quantitative estimate of drug-likeness (QED) is 0.835. The second-order valence-corrected chi connectivity index (χ2v) is 6.78. The van der Waals surface area contributed by atoms with E-state index < -0.39 is 5.82 Å². The van der Waals surface area contributed by atoms with E-state index in [9.17, 15) is 14.3 Å². The number of ether oxygens (including phenoxy) is 1. The monoisotopic (exact) mass is 306 g/mol. The van der Waals surface area contributed by atoms with Crippen molar-refractivity contribution in [3.63, 3.8) is 0 Å². The predicted molar refractivity (Wildman–Crippen MR) is 81.0 cm³/mol. The molecule has 1 saturated heterocycles. The molecule has 0 amide bonds. The van der Waals surface area contributed by atoms with Gasteiger partial charge >= 0.3 is 5.97 Å². The van der Waals surface area contributed by atoms with Gasteiger partial charge in [-0.3, -0.25) is 4.79 Å². The van der Waals surface area contributed by atoms with Crippen LogP contribution in [0.4, 0.5) is 4.39 Å². The molecular weight excluding hydrogens is 283 g/mol. The Hall–Kier alpha value is -1.58. The molecule has 120 valence electrons. The minimum Gasteiger partial charge on any atom is -0.505 e. The molecule has 0 aromatic heterocycles. The van der Waals surface area contributed by atoms with Gasteiger partial charge in [0.05, 0.1) is 5.92 Å². The Labute approximate surface area is 130 Å². The van der Waals surface area contributed by atoms with Gasteiger partial charge in [0.1, 0.15) is 6.10 Å². The van der Waals surface area contributed by atoms with Gasteiger partial charge < -0.3 is 9.84 Å². The topological polar surface area (TPSA) is 46.5 Å². The van der Waals surface area contributed by atoms with Gasteiger partial charge in [-0.1, -0.05) is 13.0 Å². The fourth-order valence-electron chi connectivity index (χ4n) is 3.79. The van der Waals surface area contributed by atoms with Crippen LogP contribution in [-0.2, 0) is 9.53 Å². The number of carbonyl (C=O) groups is 1. The van der Waals surface area contributed by atoms with Crippen molar-refractivity contribution in [1.29, 1.82) is 0 Å². The number of benzene rings is 1. The molecule has 0 radical (unpaired) electrons. The summed E-state index contributed by atoms with van der Waals surface area (Å²) >= 11 is 0. The molecule has 1 aromatic rings. The Kier molecular flexibility index (Phi) is 4.37. The molecule has 1 aliphatic carbocycles. The molecule has 0 spiro atoms. The number of aromatic hydroxyl groups is 1. The molecular formula is C18H23FO3. The summed E-state index contributed by atoms with van der Waals surface area (Å²) in [4.78, 5) is 11.7. The maximum absolute atomic E-state index is 13.5. The standard InChI is InChI=1S/C18H23FO3/c1-11-2-9-17(22-18(11)21)13-5-3-12(4-6-13)14-7-8-16(20)15(19)10-14/h7-8,10-13,17,20H,2-6,9H2,1H3. The first kappa shape index (κ1) is 15.3. The second-order valence-electron chi connectivity index (χ2n) is 6.78. The number of cyclic esters (lactones) is 1. The van der Waals surface area contributed by atoms with E-state index in [1.807, 2.05) is 13.0 Å². The first-order valence-corrected chi connectivity index (χ1v) is 8.23. The molecule has 4 heteroatoms. The number of hydrogen-bond acceptors (Lipinski definition) is 3. The Morgan fingerprint density at radius 1 is 1.14 bits per heavy atom. The summed E-state index contributed by atoms with van der Waals surface area (Å²) in [5.74, 6) is -0.0822. The summed E-state index contributed by atoms with van der Waals surface area (Å²) in [6.07, 6.45) is 5.96. The van der Waals surface area contributed by atoms with Gasteiger partial charge in [0.25, 0.3) is 0 Å². The molecule has 1 aromatic carbocycles. The van der Waals surface area contributed by atoms with E-state index in [-0.39, 0.29) is 23.7 Å². The fourth-order valence-corrected chi connectivity index (χ4v) is 3.79. The van der Waals surface area contributed by atoms with Crippen LogP contribution in [0, 0.1) is 17.7 Å². The zero-order valence-corrected chi connectivity index (χ0v) is 12.9. The van der Waals surface area contributed by atoms with Gasteiger partial charge in [0.2, 0.25) is 0 Å². The van der Waals surface area contributed by atoms with Gasteiger partial charge in [0, 0.05) is 0 Å². The van der Waals surface area contributed by atoms with Gasteiger partial charge in [0.15, 0.2) is 11.6 Å². The average molecular weight is 306 g/mol. The third-order valence-corrected chi connectivity index (χ3v) is 5.29. The number of phenolic OH excluding ortho intramolecular Hbond substituents is 1. The summed E-state index contributed by atoms with van der Waals surface area (Å²) in [5.41, 5.74) is 0.961. The number of halogens is 1. The van der Waals surface area contributed by atoms with Crippen LogP contribution >= 0.6 is 0 Å². The van der Waals surface area contributed by atoms with Gasteiger partial charge in [-0.15, -0.1) is 0 Å². The highest BCUT2D eigenvalue weighted by atomic mass is 19.1. The van der Waals surface area contributed by atoms with Crippen molar-refractivity contribution < 1.29 is 19.0 Å². The highest BCUT2D eigenvalue weighted by molar-refractivity contribution is 5.72. The molecule has 1 heterocycles. The number of esters is 1. The van der Waals surface area contributed by atoms with E-state index in [4.69, 9.17) is 4.74 Å². The molecule has 1 aliphatic heterocycles. The molecule has 2 unspecified atom stereocenters.